The number of hydrogen-bond donors (Lipinski definition) is 0. The minimum absolute atomic E-state index is 0.117. The van der Waals surface area contributed by atoms with Crippen molar-refractivity contribution >= 4 is 17.5 Å². The minimum Gasteiger partial charge on any atom is -0.454 e. The van der Waals surface area contributed by atoms with E-state index in [2.05, 4.69) is 5.10 Å². The van der Waals surface area contributed by atoms with Gasteiger partial charge in [0.25, 0.3) is 11.8 Å². The average molecular weight is 477 g/mol. The average Bonchev–Trinajstić information content (AvgIpc) is 3.51. The van der Waals surface area contributed by atoms with Gasteiger partial charge in [-0.1, -0.05) is 30.3 Å². The molecule has 0 aromatic heterocycles. The number of nitrogens with zero attached hydrogens (tertiary/aromatic N) is 3. The molecule has 3 aromatic rings. The lowest BCUT2D eigenvalue weighted by Gasteiger charge is -2.25. The van der Waals surface area contributed by atoms with Crippen LogP contribution in [0.25, 0.3) is 0 Å². The zero-order chi connectivity index (χ0) is 24.5. The molecule has 0 fully saturated rings. The Kier molecular flexibility index (Phi) is 5.90. The second-order valence-electron chi connectivity index (χ2n) is 8.27. The number of fused-ring (bicyclic) bond motifs is 1. The van der Waals surface area contributed by atoms with Crippen molar-refractivity contribution in [1.29, 1.82) is 0 Å². The van der Waals surface area contributed by atoms with Gasteiger partial charge >= 0.3 is 0 Å². The van der Waals surface area contributed by atoms with Crippen LogP contribution in [0.4, 0.5) is 8.78 Å². The van der Waals surface area contributed by atoms with Gasteiger partial charge in [-0.15, -0.1) is 0 Å². The van der Waals surface area contributed by atoms with Gasteiger partial charge in [0, 0.05) is 13.5 Å². The smallest absolute Gasteiger partial charge is 0.262 e. The van der Waals surface area contributed by atoms with Crippen molar-refractivity contribution in [2.45, 2.75) is 12.5 Å². The van der Waals surface area contributed by atoms with Gasteiger partial charge in [-0.25, -0.2) is 13.8 Å². The Morgan fingerprint density at radius 3 is 2.54 bits per heavy atom. The predicted molar refractivity (Wildman–Crippen MR) is 123 cm³/mol. The highest BCUT2D eigenvalue weighted by Crippen LogP contribution is 2.39. The summed E-state index contributed by atoms with van der Waals surface area (Å²) in [5.41, 5.74) is 1.94. The Morgan fingerprint density at radius 2 is 1.77 bits per heavy atom. The van der Waals surface area contributed by atoms with Crippen molar-refractivity contribution in [3.63, 3.8) is 0 Å². The van der Waals surface area contributed by atoms with Crippen LogP contribution in [-0.2, 0) is 4.79 Å². The molecule has 2 amide bonds. The fourth-order valence-electron chi connectivity index (χ4n) is 4.12. The van der Waals surface area contributed by atoms with Crippen LogP contribution in [-0.4, -0.2) is 47.8 Å². The summed E-state index contributed by atoms with van der Waals surface area (Å²) in [5.74, 6) is -0.916. The van der Waals surface area contributed by atoms with Crippen molar-refractivity contribution in [3.8, 4) is 11.5 Å². The van der Waals surface area contributed by atoms with Crippen LogP contribution < -0.4 is 9.47 Å². The summed E-state index contributed by atoms with van der Waals surface area (Å²) in [6.07, 6.45) is 0.377. The molecule has 2 heterocycles. The number of halogens is 2. The van der Waals surface area contributed by atoms with Crippen LogP contribution in [0.3, 0.4) is 0 Å². The van der Waals surface area contributed by atoms with E-state index < -0.39 is 23.7 Å². The predicted octanol–water partition coefficient (Wildman–Crippen LogP) is 4.14. The molecule has 5 rings (SSSR count). The lowest BCUT2D eigenvalue weighted by molar-refractivity contribution is -0.133. The molecule has 0 aliphatic carbocycles. The van der Waals surface area contributed by atoms with Gasteiger partial charge in [0.05, 0.1) is 17.3 Å². The summed E-state index contributed by atoms with van der Waals surface area (Å²) < 4.78 is 38.4. The van der Waals surface area contributed by atoms with Gasteiger partial charge < -0.3 is 14.4 Å². The zero-order valence-corrected chi connectivity index (χ0v) is 18.8. The molecular formula is C26H21F2N3O4. The molecule has 0 saturated heterocycles. The minimum atomic E-state index is -0.659. The quantitative estimate of drug-likeness (QED) is 0.554. The van der Waals surface area contributed by atoms with Crippen LogP contribution in [0.15, 0.2) is 71.8 Å². The molecule has 2 aliphatic heterocycles. The van der Waals surface area contributed by atoms with E-state index in [9.17, 15) is 18.4 Å². The van der Waals surface area contributed by atoms with E-state index in [0.717, 1.165) is 10.5 Å². The standard InChI is InChI=1S/C26H21F2N3O4/c1-30(26(33)19-4-2-3-5-20(19)28)14-25(32)31-22(17-8-11-23-24(12-17)35-15-34-23)13-21(29-31)16-6-9-18(27)10-7-16/h2-12,22H,13-15H2,1H3/t22-/m1/s1. The van der Waals surface area contributed by atoms with Crippen molar-refractivity contribution in [2.24, 2.45) is 5.10 Å². The van der Waals surface area contributed by atoms with E-state index in [1.165, 1.54) is 42.4 Å². The van der Waals surface area contributed by atoms with Gasteiger partial charge in [0.1, 0.15) is 18.2 Å². The van der Waals surface area contributed by atoms with E-state index in [-0.39, 0.29) is 24.7 Å². The highest BCUT2D eigenvalue weighted by Gasteiger charge is 2.35. The third kappa shape index (κ3) is 4.44. The SMILES string of the molecule is CN(CC(=O)N1N=C(c2ccc(F)cc2)C[C@@H]1c1ccc2c(c1)OCO2)C(=O)c1ccccc1F. The summed E-state index contributed by atoms with van der Waals surface area (Å²) in [5, 5.41) is 5.86. The first-order chi connectivity index (χ1) is 16.9. The number of amides is 2. The second kappa shape index (κ2) is 9.17. The Balaban J connectivity index is 1.42. The summed E-state index contributed by atoms with van der Waals surface area (Å²) in [6, 6.07) is 16.4. The van der Waals surface area contributed by atoms with Gasteiger partial charge in [-0.3, -0.25) is 9.59 Å². The highest BCUT2D eigenvalue weighted by molar-refractivity contribution is 6.03. The van der Waals surface area contributed by atoms with Crippen LogP contribution in [0.1, 0.15) is 33.9 Å². The van der Waals surface area contributed by atoms with Gasteiger partial charge in [0.15, 0.2) is 11.5 Å². The van der Waals surface area contributed by atoms with Crippen molar-refractivity contribution in [3.05, 3.63) is 95.1 Å². The second-order valence-corrected chi connectivity index (χ2v) is 8.27. The molecule has 1 atom stereocenters. The molecular weight excluding hydrogens is 456 g/mol. The third-order valence-corrected chi connectivity index (χ3v) is 5.95. The number of hydrazone groups is 1. The number of ether oxygens (including phenoxy) is 2. The fraction of sp³-hybridized carbons (Fsp3) is 0.192. The fourth-order valence-corrected chi connectivity index (χ4v) is 4.12. The first-order valence-electron chi connectivity index (χ1n) is 11.0. The summed E-state index contributed by atoms with van der Waals surface area (Å²) >= 11 is 0. The molecule has 2 aliphatic rings. The highest BCUT2D eigenvalue weighted by atomic mass is 19.1. The summed E-state index contributed by atoms with van der Waals surface area (Å²) in [4.78, 5) is 27.2. The summed E-state index contributed by atoms with van der Waals surface area (Å²) in [6.45, 7) is -0.194. The van der Waals surface area contributed by atoms with E-state index in [1.54, 1.807) is 30.3 Å². The monoisotopic (exact) mass is 477 g/mol. The van der Waals surface area contributed by atoms with E-state index >= 15 is 0 Å². The van der Waals surface area contributed by atoms with Gasteiger partial charge in [-0.2, -0.15) is 5.10 Å². The lowest BCUT2D eigenvalue weighted by atomic mass is 9.98. The normalized spacial score (nSPS) is 16.3. The molecule has 0 bridgehead atoms. The molecule has 3 aromatic carbocycles. The third-order valence-electron chi connectivity index (χ3n) is 5.95. The van der Waals surface area contributed by atoms with Crippen molar-refractivity contribution in [2.75, 3.05) is 20.4 Å². The Hall–Kier alpha value is -4.27. The first-order valence-corrected chi connectivity index (χ1v) is 11.0. The van der Waals surface area contributed by atoms with E-state index in [0.29, 0.717) is 29.2 Å². The van der Waals surface area contributed by atoms with E-state index in [1.807, 2.05) is 6.07 Å². The van der Waals surface area contributed by atoms with Crippen molar-refractivity contribution in [1.82, 2.24) is 9.91 Å². The van der Waals surface area contributed by atoms with Crippen LogP contribution in [0, 0.1) is 11.6 Å². The molecule has 0 radical (unpaired) electrons. The molecule has 35 heavy (non-hydrogen) atoms. The number of rotatable bonds is 5. The Bertz CT molecular complexity index is 1330. The van der Waals surface area contributed by atoms with Gasteiger partial charge in [0.2, 0.25) is 6.79 Å². The Labute approximate surface area is 200 Å². The number of likely N-dealkylation sites (N-methyl/N-ethyl adjacent to an activating group) is 1. The van der Waals surface area contributed by atoms with Crippen LogP contribution in [0.2, 0.25) is 0 Å². The summed E-state index contributed by atoms with van der Waals surface area (Å²) in [7, 11) is 1.43. The maximum absolute atomic E-state index is 14.1. The molecule has 9 heteroatoms. The number of carbonyl (C=O) groups excluding carboxylic acids is 2. The molecule has 0 saturated carbocycles. The number of benzene rings is 3. The molecule has 178 valence electrons. The zero-order valence-electron chi connectivity index (χ0n) is 18.8. The molecule has 0 N–H and O–H groups in total. The first kappa shape index (κ1) is 22.5. The molecule has 0 spiro atoms. The van der Waals surface area contributed by atoms with E-state index in [4.69, 9.17) is 9.47 Å². The molecule has 0 unspecified atom stereocenters. The largest absolute Gasteiger partial charge is 0.454 e. The number of carbonyl (C=O) groups is 2. The topological polar surface area (TPSA) is 71.4 Å². The number of hydrogen-bond acceptors (Lipinski definition) is 5. The Morgan fingerprint density at radius 1 is 1.03 bits per heavy atom. The van der Waals surface area contributed by atoms with Crippen molar-refractivity contribution < 1.29 is 27.8 Å². The molecule has 7 nitrogen and oxygen atoms in total. The van der Waals surface area contributed by atoms with Gasteiger partial charge in [-0.05, 0) is 47.5 Å². The maximum Gasteiger partial charge on any atom is 0.262 e. The maximum atomic E-state index is 14.1. The van der Waals surface area contributed by atoms with Crippen LogP contribution >= 0.6 is 0 Å². The van der Waals surface area contributed by atoms with Crippen LogP contribution in [0.5, 0.6) is 11.5 Å². The lowest BCUT2D eigenvalue weighted by Crippen LogP contribution is -2.39.